The summed E-state index contributed by atoms with van der Waals surface area (Å²) < 4.78 is 1.26. The third-order valence-corrected chi connectivity index (χ3v) is 7.43. The van der Waals surface area contributed by atoms with Crippen LogP contribution in [0.4, 0.5) is 5.69 Å². The fraction of sp³-hybridized carbons (Fsp3) is 0.421. The van der Waals surface area contributed by atoms with E-state index in [9.17, 15) is 0 Å². The molecule has 1 fully saturated rings. The first-order valence-corrected chi connectivity index (χ1v) is 10.7. The highest BCUT2D eigenvalue weighted by atomic mass is 35.5. The van der Waals surface area contributed by atoms with Crippen LogP contribution in [-0.2, 0) is 6.54 Å². The lowest BCUT2D eigenvalue weighted by molar-refractivity contribution is 0.447. The SMILES string of the molecule is Cc1c(C2CCCCC2)sc2c(NCc3cccs3)cc(Cl)nc12. The maximum Gasteiger partial charge on any atom is 0.131 e. The molecule has 126 valence electrons. The van der Waals surface area contributed by atoms with Gasteiger partial charge in [-0.2, -0.15) is 0 Å². The molecule has 1 saturated carbocycles. The van der Waals surface area contributed by atoms with Crippen LogP contribution in [0.15, 0.2) is 23.6 Å². The Morgan fingerprint density at radius 1 is 1.29 bits per heavy atom. The Kier molecular flexibility index (Phi) is 4.79. The van der Waals surface area contributed by atoms with Crippen LogP contribution < -0.4 is 5.32 Å². The van der Waals surface area contributed by atoms with E-state index in [1.54, 1.807) is 11.3 Å². The Labute approximate surface area is 155 Å². The van der Waals surface area contributed by atoms with E-state index < -0.39 is 0 Å². The number of anilines is 1. The van der Waals surface area contributed by atoms with Crippen molar-refractivity contribution >= 4 is 50.2 Å². The minimum atomic E-state index is 0.576. The third kappa shape index (κ3) is 3.19. The molecular formula is C19H21ClN2S2. The molecule has 0 amide bonds. The van der Waals surface area contributed by atoms with E-state index in [0.29, 0.717) is 11.1 Å². The molecule has 3 heterocycles. The van der Waals surface area contributed by atoms with Gasteiger partial charge in [-0.15, -0.1) is 22.7 Å². The normalized spacial score (nSPS) is 15.9. The van der Waals surface area contributed by atoms with Gasteiger partial charge in [0.05, 0.1) is 15.9 Å². The van der Waals surface area contributed by atoms with Crippen LogP contribution in [-0.4, -0.2) is 4.98 Å². The summed E-state index contributed by atoms with van der Waals surface area (Å²) in [6.07, 6.45) is 6.74. The van der Waals surface area contributed by atoms with Gasteiger partial charge in [-0.3, -0.25) is 0 Å². The first kappa shape index (κ1) is 16.4. The number of pyridine rings is 1. The molecule has 0 radical (unpaired) electrons. The zero-order chi connectivity index (χ0) is 16.5. The number of nitrogens with one attached hydrogen (secondary N) is 1. The van der Waals surface area contributed by atoms with Crippen LogP contribution in [0.25, 0.3) is 10.2 Å². The number of aromatic nitrogens is 1. The summed E-state index contributed by atoms with van der Waals surface area (Å²) >= 11 is 10.0. The minimum absolute atomic E-state index is 0.576. The van der Waals surface area contributed by atoms with E-state index in [4.69, 9.17) is 11.6 Å². The van der Waals surface area contributed by atoms with Gasteiger partial charge in [0.2, 0.25) is 0 Å². The summed E-state index contributed by atoms with van der Waals surface area (Å²) in [5, 5.41) is 6.26. The zero-order valence-corrected chi connectivity index (χ0v) is 16.2. The predicted molar refractivity (Wildman–Crippen MR) is 107 cm³/mol. The lowest BCUT2D eigenvalue weighted by atomic mass is 9.87. The summed E-state index contributed by atoms with van der Waals surface area (Å²) in [6.45, 7) is 3.05. The maximum absolute atomic E-state index is 6.31. The molecule has 4 rings (SSSR count). The first-order chi connectivity index (χ1) is 11.7. The summed E-state index contributed by atoms with van der Waals surface area (Å²) in [5.74, 6) is 0.710. The maximum atomic E-state index is 6.31. The van der Waals surface area contributed by atoms with Crippen molar-refractivity contribution in [2.24, 2.45) is 0 Å². The van der Waals surface area contributed by atoms with E-state index in [1.165, 1.54) is 52.1 Å². The summed E-state index contributed by atoms with van der Waals surface area (Å²) in [5.41, 5.74) is 3.54. The van der Waals surface area contributed by atoms with Gasteiger partial charge in [-0.05, 0) is 42.7 Å². The van der Waals surface area contributed by atoms with Crippen LogP contribution in [0.2, 0.25) is 5.15 Å². The molecule has 0 bridgehead atoms. The Morgan fingerprint density at radius 2 is 2.12 bits per heavy atom. The predicted octanol–water partition coefficient (Wildman–Crippen LogP) is 6.98. The van der Waals surface area contributed by atoms with Crippen molar-refractivity contribution in [1.82, 2.24) is 4.98 Å². The molecular weight excluding hydrogens is 356 g/mol. The van der Waals surface area contributed by atoms with Crippen molar-refractivity contribution in [3.63, 3.8) is 0 Å². The van der Waals surface area contributed by atoms with Crippen LogP contribution in [0.1, 0.15) is 53.3 Å². The highest BCUT2D eigenvalue weighted by molar-refractivity contribution is 7.20. The fourth-order valence-corrected chi connectivity index (χ4v) is 5.89. The van der Waals surface area contributed by atoms with Crippen molar-refractivity contribution in [1.29, 1.82) is 0 Å². The van der Waals surface area contributed by atoms with Gasteiger partial charge in [0, 0.05) is 22.4 Å². The van der Waals surface area contributed by atoms with Gasteiger partial charge in [0.1, 0.15) is 5.15 Å². The molecule has 0 saturated heterocycles. The second-order valence-electron chi connectivity index (χ2n) is 6.53. The highest BCUT2D eigenvalue weighted by Crippen LogP contribution is 2.44. The smallest absolute Gasteiger partial charge is 0.131 e. The average Bonchev–Trinajstić information content (AvgIpc) is 3.22. The molecule has 0 spiro atoms. The molecule has 3 aromatic rings. The largest absolute Gasteiger partial charge is 0.379 e. The fourth-order valence-electron chi connectivity index (χ4n) is 3.64. The highest BCUT2D eigenvalue weighted by Gasteiger charge is 2.22. The lowest BCUT2D eigenvalue weighted by Gasteiger charge is -2.21. The van der Waals surface area contributed by atoms with Gasteiger partial charge >= 0.3 is 0 Å². The van der Waals surface area contributed by atoms with E-state index >= 15 is 0 Å². The number of rotatable bonds is 4. The van der Waals surface area contributed by atoms with Crippen molar-refractivity contribution in [2.75, 3.05) is 5.32 Å². The second kappa shape index (κ2) is 7.03. The Hall–Kier alpha value is -1.10. The van der Waals surface area contributed by atoms with Gasteiger partial charge in [0.15, 0.2) is 0 Å². The van der Waals surface area contributed by atoms with E-state index in [-0.39, 0.29) is 0 Å². The second-order valence-corrected chi connectivity index (χ2v) is 9.00. The molecule has 1 N–H and O–H groups in total. The molecule has 1 aliphatic carbocycles. The summed E-state index contributed by atoms with van der Waals surface area (Å²) in [7, 11) is 0. The lowest BCUT2D eigenvalue weighted by Crippen LogP contribution is -2.03. The van der Waals surface area contributed by atoms with Crippen molar-refractivity contribution in [3.8, 4) is 0 Å². The third-order valence-electron chi connectivity index (χ3n) is 4.89. The van der Waals surface area contributed by atoms with Crippen LogP contribution >= 0.6 is 34.3 Å². The van der Waals surface area contributed by atoms with E-state index in [2.05, 4.69) is 34.7 Å². The molecule has 0 aliphatic heterocycles. The minimum Gasteiger partial charge on any atom is -0.379 e. The monoisotopic (exact) mass is 376 g/mol. The summed E-state index contributed by atoms with van der Waals surface area (Å²) in [6, 6.07) is 6.22. The molecule has 0 unspecified atom stereocenters. The molecule has 2 nitrogen and oxygen atoms in total. The van der Waals surface area contributed by atoms with E-state index in [0.717, 1.165) is 17.7 Å². The molecule has 0 aromatic carbocycles. The Balaban J connectivity index is 1.70. The van der Waals surface area contributed by atoms with Gasteiger partial charge in [-0.25, -0.2) is 4.98 Å². The molecule has 1 aliphatic rings. The number of nitrogens with zero attached hydrogens (tertiary/aromatic N) is 1. The molecule has 5 heteroatoms. The van der Waals surface area contributed by atoms with Gasteiger partial charge in [0.25, 0.3) is 0 Å². The first-order valence-electron chi connectivity index (χ1n) is 8.58. The molecule has 24 heavy (non-hydrogen) atoms. The number of aryl methyl sites for hydroxylation is 1. The van der Waals surface area contributed by atoms with Crippen LogP contribution in [0, 0.1) is 6.92 Å². The zero-order valence-electron chi connectivity index (χ0n) is 13.8. The van der Waals surface area contributed by atoms with Crippen molar-refractivity contribution in [3.05, 3.63) is 44.1 Å². The van der Waals surface area contributed by atoms with Gasteiger partial charge in [-0.1, -0.05) is 36.9 Å². The Bertz CT molecular complexity index is 833. The number of halogens is 1. The number of hydrogen-bond acceptors (Lipinski definition) is 4. The van der Waals surface area contributed by atoms with E-state index in [1.807, 2.05) is 17.4 Å². The molecule has 0 atom stereocenters. The quantitative estimate of drug-likeness (QED) is 0.497. The number of thiophene rings is 2. The van der Waals surface area contributed by atoms with Crippen molar-refractivity contribution in [2.45, 2.75) is 51.5 Å². The van der Waals surface area contributed by atoms with Gasteiger partial charge < -0.3 is 5.32 Å². The van der Waals surface area contributed by atoms with Crippen LogP contribution in [0.5, 0.6) is 0 Å². The number of fused-ring (bicyclic) bond motifs is 1. The molecule has 3 aromatic heterocycles. The van der Waals surface area contributed by atoms with Crippen LogP contribution in [0.3, 0.4) is 0 Å². The average molecular weight is 377 g/mol. The number of hydrogen-bond donors (Lipinski definition) is 1. The standard InChI is InChI=1S/C19H21ClN2S2/c1-12-17-19(24-18(12)13-6-3-2-4-7-13)15(10-16(20)22-17)21-11-14-8-5-9-23-14/h5,8-10,13H,2-4,6-7,11H2,1H3,(H,21,22). The Morgan fingerprint density at radius 3 is 2.88 bits per heavy atom. The topological polar surface area (TPSA) is 24.9 Å². The van der Waals surface area contributed by atoms with Crippen molar-refractivity contribution < 1.29 is 0 Å². The summed E-state index contributed by atoms with van der Waals surface area (Å²) in [4.78, 5) is 7.49.